The van der Waals surface area contributed by atoms with Crippen LogP contribution in [0.15, 0.2) is 60.7 Å². The Morgan fingerprint density at radius 2 is 1.13 bits per heavy atom. The second-order valence-corrected chi connectivity index (χ2v) is 11.7. The lowest BCUT2D eigenvalue weighted by Crippen LogP contribution is -2.29. The topological polar surface area (TPSA) is 167 Å². The van der Waals surface area contributed by atoms with Gasteiger partial charge in [-0.15, -0.1) is 12.4 Å². The van der Waals surface area contributed by atoms with Crippen molar-refractivity contribution < 1.29 is 55.7 Å². The number of nitrogens with two attached hydrogens (primary N) is 1. The fourth-order valence-electron chi connectivity index (χ4n) is 5.15. The van der Waals surface area contributed by atoms with Gasteiger partial charge < -0.3 is 40.6 Å². The van der Waals surface area contributed by atoms with Crippen molar-refractivity contribution in [3.8, 4) is 11.5 Å². The molecule has 0 spiro atoms. The maximum Gasteiger partial charge on any atom is 0.407 e. The van der Waals surface area contributed by atoms with Gasteiger partial charge >= 0.3 is 11.5 Å². The van der Waals surface area contributed by atoms with E-state index in [1.54, 1.807) is 13.8 Å². The number of aryl methyl sites for hydroxylation is 2. The van der Waals surface area contributed by atoms with Crippen molar-refractivity contribution in [1.29, 1.82) is 0 Å². The zero-order chi connectivity index (χ0) is 39.0. The summed E-state index contributed by atoms with van der Waals surface area (Å²) in [6.45, 7) is 3.28. The number of benzene rings is 4. The zero-order valence-electron chi connectivity index (χ0n) is 29.0. The Hall–Kier alpha value is -5.58. The molecule has 0 fully saturated rings. The second kappa shape index (κ2) is 19.0. The van der Waals surface area contributed by atoms with Gasteiger partial charge in [-0.3, -0.25) is 9.59 Å². The van der Waals surface area contributed by atoms with E-state index in [-0.39, 0.29) is 71.0 Å². The van der Waals surface area contributed by atoms with Crippen molar-refractivity contribution >= 4 is 58.7 Å². The summed E-state index contributed by atoms with van der Waals surface area (Å²) in [5, 5.41) is 7.72. The predicted molar refractivity (Wildman–Crippen MR) is 193 cm³/mol. The van der Waals surface area contributed by atoms with Crippen molar-refractivity contribution in [2.24, 2.45) is 5.73 Å². The van der Waals surface area contributed by atoms with Crippen LogP contribution >= 0.6 is 24.0 Å². The van der Waals surface area contributed by atoms with Crippen LogP contribution in [0, 0.1) is 37.1 Å². The van der Waals surface area contributed by atoms with Crippen LogP contribution in [-0.4, -0.2) is 50.8 Å². The van der Waals surface area contributed by atoms with Gasteiger partial charge in [0.05, 0.1) is 48.6 Å². The van der Waals surface area contributed by atoms with E-state index in [1.165, 1.54) is 68.8 Å². The summed E-state index contributed by atoms with van der Waals surface area (Å²) < 4.78 is 73.7. The van der Waals surface area contributed by atoms with Crippen LogP contribution in [0.4, 0.5) is 38.5 Å². The quantitative estimate of drug-likeness (QED) is 0.117. The third-order valence-corrected chi connectivity index (χ3v) is 7.92. The van der Waals surface area contributed by atoms with Gasteiger partial charge in [0.15, 0.2) is 0 Å². The Kier molecular flexibility index (Phi) is 15.0. The number of amides is 3. The average molecular weight is 798 g/mol. The van der Waals surface area contributed by atoms with Gasteiger partial charge in [-0.1, -0.05) is 0 Å². The first kappa shape index (κ1) is 42.8. The van der Waals surface area contributed by atoms with Gasteiger partial charge in [-0.2, -0.15) is 0 Å². The van der Waals surface area contributed by atoms with Crippen LogP contribution < -0.4 is 31.2 Å². The van der Waals surface area contributed by atoms with Crippen LogP contribution in [0.25, 0.3) is 0 Å². The van der Waals surface area contributed by atoms with Crippen LogP contribution in [-0.2, 0) is 9.47 Å². The molecule has 0 aliphatic carbocycles. The van der Waals surface area contributed by atoms with Gasteiger partial charge in [-0.05, 0) is 85.6 Å². The maximum atomic E-state index is 14.2. The Bertz CT molecular complexity index is 2060. The average Bonchev–Trinajstić information content (AvgIpc) is 3.73. The monoisotopic (exact) mass is 796 g/mol. The lowest BCUT2D eigenvalue weighted by Gasteiger charge is -2.12. The lowest BCUT2D eigenvalue weighted by molar-refractivity contribution is 0.101. The molecule has 288 valence electrons. The molecule has 4 aromatic rings. The molecule has 2 unspecified atom stereocenters. The molecule has 3 amide bonds. The summed E-state index contributed by atoms with van der Waals surface area (Å²) in [5.41, 5.74) is 7.24. The standard InChI is InChI=1S/C18H16F2N2O4.C16H14F2N2O2.C2H3ClO2.ClH/c1-9-7-10(3-5-12(9)19)21-17(23)11-4-6-13(20)15-14(8-26-16(11)15)22-18(24)25-2;1-8-6-9(2-4-11(8)17)20-16(21)10-3-5-12(18)14-13(19)7-22-15(10)14;1-5-2(3)4;/h3-7,14H,8H2,1-2H3,(H,21,23)(H,22,24);2-6,13H,7,19H2,1H3,(H,20,21);1H3;1H. The lowest BCUT2D eigenvalue weighted by atomic mass is 10.0. The number of hydrogen-bond donors (Lipinski definition) is 4. The molecule has 2 aliphatic rings. The fraction of sp³-hybridized carbons (Fsp3) is 0.222. The Morgan fingerprint density at radius 1 is 0.704 bits per heavy atom. The Morgan fingerprint density at radius 3 is 1.57 bits per heavy atom. The molecule has 6 rings (SSSR count). The molecular formula is C36H34Cl2F4N4O8. The molecule has 18 heteroatoms. The van der Waals surface area contributed by atoms with Crippen molar-refractivity contribution in [1.82, 2.24) is 5.32 Å². The third kappa shape index (κ3) is 10.3. The number of nitrogens with one attached hydrogen (secondary N) is 3. The van der Waals surface area contributed by atoms with Crippen molar-refractivity contribution in [2.45, 2.75) is 25.9 Å². The molecule has 12 nitrogen and oxygen atoms in total. The van der Waals surface area contributed by atoms with E-state index in [1.807, 2.05) is 0 Å². The summed E-state index contributed by atoms with van der Waals surface area (Å²) >= 11 is 4.60. The van der Waals surface area contributed by atoms with E-state index in [0.717, 1.165) is 6.07 Å². The van der Waals surface area contributed by atoms with Crippen LogP contribution in [0.1, 0.15) is 55.1 Å². The summed E-state index contributed by atoms with van der Waals surface area (Å²) in [7, 11) is 2.41. The van der Waals surface area contributed by atoms with Crippen molar-refractivity contribution in [2.75, 3.05) is 38.1 Å². The van der Waals surface area contributed by atoms with E-state index in [4.69, 9.17) is 15.2 Å². The number of ether oxygens (including phenoxy) is 4. The normalized spacial score (nSPS) is 14.4. The van der Waals surface area contributed by atoms with Crippen molar-refractivity contribution in [3.63, 3.8) is 0 Å². The number of alkyl carbamates (subject to hydrolysis) is 1. The van der Waals surface area contributed by atoms with Gasteiger partial charge in [0, 0.05) is 23.0 Å². The minimum atomic E-state index is -0.773. The first-order chi connectivity index (χ1) is 25.1. The number of hydrogen-bond acceptors (Lipinski definition) is 9. The molecule has 2 aliphatic heterocycles. The van der Waals surface area contributed by atoms with Crippen LogP contribution in [0.3, 0.4) is 0 Å². The molecule has 2 atom stereocenters. The molecule has 0 saturated carbocycles. The zero-order valence-corrected chi connectivity index (χ0v) is 30.6. The number of anilines is 2. The highest BCUT2D eigenvalue weighted by Gasteiger charge is 2.33. The molecule has 0 aromatic heterocycles. The predicted octanol–water partition coefficient (Wildman–Crippen LogP) is 7.65. The minimum absolute atomic E-state index is 0. The number of carbonyl (C=O) groups is 4. The summed E-state index contributed by atoms with van der Waals surface area (Å²) in [6.07, 6.45) is -0.734. The molecule has 0 radical (unpaired) electrons. The maximum absolute atomic E-state index is 14.2. The SMILES string of the molecule is COC(=O)Cl.COC(=O)NC1COc2c(C(=O)Nc3ccc(F)c(C)c3)ccc(F)c21.Cc1cc(NC(=O)c2ccc(F)c3c2OCC3N)ccc1F.Cl. The van der Waals surface area contributed by atoms with Gasteiger partial charge in [-0.25, -0.2) is 27.2 Å². The van der Waals surface area contributed by atoms with E-state index >= 15 is 0 Å². The first-order valence-corrected chi connectivity index (χ1v) is 15.9. The van der Waals surface area contributed by atoms with E-state index < -0.39 is 47.1 Å². The minimum Gasteiger partial charge on any atom is -0.490 e. The number of rotatable bonds is 5. The highest BCUT2D eigenvalue weighted by atomic mass is 35.5. The molecular weight excluding hydrogens is 763 g/mol. The highest BCUT2D eigenvalue weighted by Crippen LogP contribution is 2.39. The van der Waals surface area contributed by atoms with E-state index in [0.29, 0.717) is 22.5 Å². The number of carbonyl (C=O) groups excluding carboxylic acids is 4. The smallest absolute Gasteiger partial charge is 0.407 e. The Balaban J connectivity index is 0.000000256. The summed E-state index contributed by atoms with van der Waals surface area (Å²) in [6, 6.07) is 12.0. The van der Waals surface area contributed by atoms with Gasteiger partial charge in [0.1, 0.15) is 48.0 Å². The largest absolute Gasteiger partial charge is 0.490 e. The van der Waals surface area contributed by atoms with Gasteiger partial charge in [0.2, 0.25) is 0 Å². The highest BCUT2D eigenvalue weighted by molar-refractivity contribution is 6.61. The number of halogens is 6. The molecule has 54 heavy (non-hydrogen) atoms. The summed E-state index contributed by atoms with van der Waals surface area (Å²) in [5.74, 6) is -2.60. The van der Waals surface area contributed by atoms with Gasteiger partial charge in [0.25, 0.3) is 11.8 Å². The number of fused-ring (bicyclic) bond motifs is 2. The second-order valence-electron chi connectivity index (χ2n) is 11.4. The van der Waals surface area contributed by atoms with Crippen LogP contribution in [0.2, 0.25) is 0 Å². The van der Waals surface area contributed by atoms with Crippen molar-refractivity contribution in [3.05, 3.63) is 117 Å². The molecule has 2 heterocycles. The Labute approximate surface area is 317 Å². The number of methoxy groups -OCH3 is 2. The van der Waals surface area contributed by atoms with E-state index in [2.05, 4.69) is 37.0 Å². The first-order valence-electron chi connectivity index (χ1n) is 15.5. The molecule has 0 bridgehead atoms. The summed E-state index contributed by atoms with van der Waals surface area (Å²) in [4.78, 5) is 45.6. The third-order valence-electron chi connectivity index (χ3n) is 7.77. The van der Waals surface area contributed by atoms with Crippen LogP contribution in [0.5, 0.6) is 11.5 Å². The molecule has 4 aromatic carbocycles. The molecule has 0 saturated heterocycles. The van der Waals surface area contributed by atoms with E-state index in [9.17, 15) is 36.7 Å². The fourth-order valence-corrected chi connectivity index (χ4v) is 5.15. The molecule has 5 N–H and O–H groups in total.